The molecule has 0 aliphatic rings. The molecular weight excluding hydrogens is 156 g/mol. The van der Waals surface area contributed by atoms with Crippen LogP contribution in [0.1, 0.15) is 26.7 Å². The van der Waals surface area contributed by atoms with Gasteiger partial charge in [-0.15, -0.1) is 0 Å². The van der Waals surface area contributed by atoms with Gasteiger partial charge in [-0.3, -0.25) is 4.79 Å². The summed E-state index contributed by atoms with van der Waals surface area (Å²) in [4.78, 5) is 10.8. The van der Waals surface area contributed by atoms with Crippen LogP contribution in [0.2, 0.25) is 0 Å². The van der Waals surface area contributed by atoms with E-state index in [1.54, 1.807) is 0 Å². The molecule has 0 rings (SSSR count). The molecule has 3 heteroatoms. The molecule has 0 radical (unpaired) electrons. The Kier molecular flexibility index (Phi) is 6.15. The molecule has 0 aliphatic carbocycles. The number of carbonyl (C=O) groups is 1. The first kappa shape index (κ1) is 11.0. The zero-order valence-corrected chi connectivity index (χ0v) is 7.71. The minimum atomic E-state index is -0.169. The van der Waals surface area contributed by atoms with Crippen LogP contribution in [-0.4, -0.2) is 18.7 Å². The predicted molar refractivity (Wildman–Crippen MR) is 46.6 cm³/mol. The minimum absolute atomic E-state index is 0.108. The normalized spacial score (nSPS) is 11.8. The van der Waals surface area contributed by atoms with E-state index in [-0.39, 0.29) is 12.1 Å². The second-order valence-electron chi connectivity index (χ2n) is 2.55. The molecule has 0 spiro atoms. The lowest BCUT2D eigenvalue weighted by Gasteiger charge is -2.10. The summed E-state index contributed by atoms with van der Waals surface area (Å²) >= 11 is 0. The highest BCUT2D eigenvalue weighted by molar-refractivity contribution is 5.69. The Bertz CT molecular complexity index is 143. The third-order valence-electron chi connectivity index (χ3n) is 1.26. The maximum Gasteiger partial charge on any atom is 0.305 e. The molecule has 12 heavy (non-hydrogen) atoms. The van der Waals surface area contributed by atoms with Crippen LogP contribution < -0.4 is 0 Å². The van der Waals surface area contributed by atoms with Gasteiger partial charge in [0, 0.05) is 6.42 Å². The number of ether oxygens (including phenoxy) is 2. The van der Waals surface area contributed by atoms with Crippen LogP contribution in [0.25, 0.3) is 0 Å². The summed E-state index contributed by atoms with van der Waals surface area (Å²) in [5.74, 6) is -0.169. The van der Waals surface area contributed by atoms with Crippen molar-refractivity contribution in [1.82, 2.24) is 0 Å². The SMILES string of the molecule is C=COC(C)COC(=O)CCC. The van der Waals surface area contributed by atoms with E-state index in [4.69, 9.17) is 9.47 Å². The van der Waals surface area contributed by atoms with E-state index in [2.05, 4.69) is 6.58 Å². The van der Waals surface area contributed by atoms with Crippen LogP contribution in [0.4, 0.5) is 0 Å². The molecule has 0 aliphatic heterocycles. The molecule has 0 aromatic heterocycles. The molecule has 0 heterocycles. The Labute approximate surface area is 73.4 Å². The average Bonchev–Trinajstić information content (AvgIpc) is 2.02. The van der Waals surface area contributed by atoms with E-state index < -0.39 is 0 Å². The fourth-order valence-corrected chi connectivity index (χ4v) is 0.690. The zero-order chi connectivity index (χ0) is 9.40. The fraction of sp³-hybridized carbons (Fsp3) is 0.667. The Morgan fingerprint density at radius 1 is 1.67 bits per heavy atom. The molecule has 0 fully saturated rings. The summed E-state index contributed by atoms with van der Waals surface area (Å²) in [6, 6.07) is 0. The first-order valence-electron chi connectivity index (χ1n) is 4.12. The molecule has 3 nitrogen and oxygen atoms in total. The largest absolute Gasteiger partial charge is 0.495 e. The van der Waals surface area contributed by atoms with E-state index >= 15 is 0 Å². The minimum Gasteiger partial charge on any atom is -0.495 e. The monoisotopic (exact) mass is 172 g/mol. The Hall–Kier alpha value is -0.990. The van der Waals surface area contributed by atoms with E-state index in [0.29, 0.717) is 13.0 Å². The lowest BCUT2D eigenvalue weighted by Crippen LogP contribution is -2.16. The molecule has 0 saturated carbocycles. The van der Waals surface area contributed by atoms with Crippen molar-refractivity contribution in [3.8, 4) is 0 Å². The highest BCUT2D eigenvalue weighted by atomic mass is 16.6. The van der Waals surface area contributed by atoms with E-state index in [0.717, 1.165) is 6.42 Å². The van der Waals surface area contributed by atoms with Crippen molar-refractivity contribution in [1.29, 1.82) is 0 Å². The Morgan fingerprint density at radius 2 is 2.33 bits per heavy atom. The molecule has 0 N–H and O–H groups in total. The molecule has 0 bridgehead atoms. The van der Waals surface area contributed by atoms with E-state index in [9.17, 15) is 4.79 Å². The Morgan fingerprint density at radius 3 is 2.83 bits per heavy atom. The van der Waals surface area contributed by atoms with Gasteiger partial charge in [-0.1, -0.05) is 13.5 Å². The second-order valence-corrected chi connectivity index (χ2v) is 2.55. The van der Waals surface area contributed by atoms with Gasteiger partial charge in [0.05, 0.1) is 6.26 Å². The predicted octanol–water partition coefficient (Wildman–Crippen LogP) is 1.88. The summed E-state index contributed by atoms with van der Waals surface area (Å²) in [5.41, 5.74) is 0. The van der Waals surface area contributed by atoms with Gasteiger partial charge in [0.25, 0.3) is 0 Å². The lowest BCUT2D eigenvalue weighted by molar-refractivity contribution is -0.146. The first-order chi connectivity index (χ1) is 5.70. The maximum absolute atomic E-state index is 10.8. The highest BCUT2D eigenvalue weighted by Crippen LogP contribution is 1.96. The highest BCUT2D eigenvalue weighted by Gasteiger charge is 2.04. The maximum atomic E-state index is 10.8. The van der Waals surface area contributed by atoms with E-state index in [1.165, 1.54) is 6.26 Å². The lowest BCUT2D eigenvalue weighted by atomic mass is 10.3. The molecule has 70 valence electrons. The van der Waals surface area contributed by atoms with Crippen molar-refractivity contribution in [2.75, 3.05) is 6.61 Å². The average molecular weight is 172 g/mol. The molecule has 0 saturated heterocycles. The smallest absolute Gasteiger partial charge is 0.305 e. The van der Waals surface area contributed by atoms with Crippen molar-refractivity contribution < 1.29 is 14.3 Å². The van der Waals surface area contributed by atoms with E-state index in [1.807, 2.05) is 13.8 Å². The van der Waals surface area contributed by atoms with Gasteiger partial charge < -0.3 is 9.47 Å². The van der Waals surface area contributed by atoms with Crippen molar-refractivity contribution in [3.05, 3.63) is 12.8 Å². The van der Waals surface area contributed by atoms with Crippen LogP contribution >= 0.6 is 0 Å². The van der Waals surface area contributed by atoms with Crippen LogP contribution in [-0.2, 0) is 14.3 Å². The van der Waals surface area contributed by atoms with Gasteiger partial charge in [0.15, 0.2) is 0 Å². The summed E-state index contributed by atoms with van der Waals surface area (Å²) in [7, 11) is 0. The molecule has 0 aromatic carbocycles. The number of hydrogen-bond acceptors (Lipinski definition) is 3. The van der Waals surface area contributed by atoms with Gasteiger partial charge in [-0.05, 0) is 13.3 Å². The second kappa shape index (κ2) is 6.70. The zero-order valence-electron chi connectivity index (χ0n) is 7.71. The summed E-state index contributed by atoms with van der Waals surface area (Å²) < 4.78 is 9.84. The molecule has 0 aromatic rings. The van der Waals surface area contributed by atoms with Gasteiger partial charge in [-0.2, -0.15) is 0 Å². The topological polar surface area (TPSA) is 35.5 Å². The number of carbonyl (C=O) groups excluding carboxylic acids is 1. The first-order valence-corrected chi connectivity index (χ1v) is 4.12. The number of rotatable bonds is 6. The number of hydrogen-bond donors (Lipinski definition) is 0. The molecule has 0 amide bonds. The molecule has 1 atom stereocenters. The summed E-state index contributed by atoms with van der Waals surface area (Å²) in [5, 5.41) is 0. The van der Waals surface area contributed by atoms with Gasteiger partial charge in [-0.25, -0.2) is 0 Å². The summed E-state index contributed by atoms with van der Waals surface area (Å²) in [6.45, 7) is 7.45. The van der Waals surface area contributed by atoms with Crippen molar-refractivity contribution in [2.45, 2.75) is 32.8 Å². The van der Waals surface area contributed by atoms with Crippen LogP contribution in [0.15, 0.2) is 12.8 Å². The van der Waals surface area contributed by atoms with Crippen molar-refractivity contribution >= 4 is 5.97 Å². The summed E-state index contributed by atoms with van der Waals surface area (Å²) in [6.07, 6.45) is 2.53. The van der Waals surface area contributed by atoms with Crippen LogP contribution in [0, 0.1) is 0 Å². The van der Waals surface area contributed by atoms with Crippen LogP contribution in [0.3, 0.4) is 0 Å². The Balaban J connectivity index is 3.39. The molecule has 1 unspecified atom stereocenters. The fourth-order valence-electron chi connectivity index (χ4n) is 0.690. The van der Waals surface area contributed by atoms with Gasteiger partial charge in [0.2, 0.25) is 0 Å². The van der Waals surface area contributed by atoms with Crippen molar-refractivity contribution in [2.24, 2.45) is 0 Å². The van der Waals surface area contributed by atoms with Gasteiger partial charge in [0.1, 0.15) is 12.7 Å². The molecular formula is C9H16O3. The van der Waals surface area contributed by atoms with Crippen molar-refractivity contribution in [3.63, 3.8) is 0 Å². The van der Waals surface area contributed by atoms with Crippen LogP contribution in [0.5, 0.6) is 0 Å². The van der Waals surface area contributed by atoms with Gasteiger partial charge >= 0.3 is 5.97 Å². The third-order valence-corrected chi connectivity index (χ3v) is 1.26. The standard InChI is InChI=1S/C9H16O3/c1-4-6-9(10)12-7-8(3)11-5-2/h5,8H,2,4,6-7H2,1,3H3. The number of esters is 1. The third kappa shape index (κ3) is 5.77. The quantitative estimate of drug-likeness (QED) is 0.453.